The molecule has 1 atom stereocenters. The lowest BCUT2D eigenvalue weighted by atomic mass is 9.98. The number of nitrogens with zero attached hydrogens (tertiary/aromatic N) is 1. The molecule has 1 aliphatic carbocycles. The lowest BCUT2D eigenvalue weighted by Crippen LogP contribution is -2.44. The summed E-state index contributed by atoms with van der Waals surface area (Å²) in [5.74, 6) is 1.98. The molecule has 0 aromatic rings. The van der Waals surface area contributed by atoms with Crippen molar-refractivity contribution in [2.45, 2.75) is 51.0 Å². The van der Waals surface area contributed by atoms with Gasteiger partial charge in [-0.25, -0.2) is 0 Å². The molecule has 1 saturated heterocycles. The minimum atomic E-state index is -0.763. The fourth-order valence-electron chi connectivity index (χ4n) is 2.60. The number of carbonyl (C=O) groups is 2. The third-order valence-electron chi connectivity index (χ3n) is 3.91. The SMILES string of the molecule is O=C(O)CCC1CCCCN1C(=O)CSCC1CC1. The van der Waals surface area contributed by atoms with Crippen LogP contribution >= 0.6 is 11.8 Å². The molecular weight excluding hydrogens is 262 g/mol. The van der Waals surface area contributed by atoms with Crippen molar-refractivity contribution in [1.29, 1.82) is 0 Å². The van der Waals surface area contributed by atoms with Crippen LogP contribution in [0.5, 0.6) is 0 Å². The van der Waals surface area contributed by atoms with Gasteiger partial charge >= 0.3 is 5.97 Å². The van der Waals surface area contributed by atoms with Gasteiger partial charge < -0.3 is 10.0 Å². The molecule has 1 N–H and O–H groups in total. The molecule has 1 saturated carbocycles. The highest BCUT2D eigenvalue weighted by Gasteiger charge is 2.27. The second-order valence-corrected chi connectivity index (χ2v) is 6.66. The van der Waals surface area contributed by atoms with Gasteiger partial charge in [-0.1, -0.05) is 0 Å². The molecule has 0 bridgehead atoms. The minimum Gasteiger partial charge on any atom is -0.481 e. The Bertz CT molecular complexity index is 331. The number of rotatable bonds is 7. The molecule has 1 aliphatic heterocycles. The van der Waals surface area contributed by atoms with Gasteiger partial charge in [-0.05, 0) is 50.2 Å². The van der Waals surface area contributed by atoms with E-state index in [4.69, 9.17) is 5.11 Å². The number of carboxylic acids is 1. The first-order valence-electron chi connectivity index (χ1n) is 7.26. The van der Waals surface area contributed by atoms with Crippen molar-refractivity contribution in [3.05, 3.63) is 0 Å². The molecule has 2 rings (SSSR count). The molecule has 2 aliphatic rings. The maximum atomic E-state index is 12.2. The van der Waals surface area contributed by atoms with Gasteiger partial charge in [-0.3, -0.25) is 9.59 Å². The average molecular weight is 285 g/mol. The Kier molecular flexibility index (Phi) is 5.55. The number of thioether (sulfide) groups is 1. The van der Waals surface area contributed by atoms with Crippen molar-refractivity contribution in [3.8, 4) is 0 Å². The van der Waals surface area contributed by atoms with E-state index in [-0.39, 0.29) is 18.4 Å². The number of hydrogen-bond acceptors (Lipinski definition) is 3. The lowest BCUT2D eigenvalue weighted by Gasteiger charge is -2.35. The molecule has 1 unspecified atom stereocenters. The largest absolute Gasteiger partial charge is 0.481 e. The summed E-state index contributed by atoms with van der Waals surface area (Å²) in [7, 11) is 0. The number of piperidine rings is 1. The Morgan fingerprint density at radius 1 is 1.21 bits per heavy atom. The van der Waals surface area contributed by atoms with Crippen LogP contribution in [0, 0.1) is 5.92 Å². The van der Waals surface area contributed by atoms with Crippen LogP contribution in [0.4, 0.5) is 0 Å². The summed E-state index contributed by atoms with van der Waals surface area (Å²) in [5, 5.41) is 8.77. The van der Waals surface area contributed by atoms with Crippen LogP contribution < -0.4 is 0 Å². The van der Waals surface area contributed by atoms with E-state index >= 15 is 0 Å². The van der Waals surface area contributed by atoms with Gasteiger partial charge in [0.2, 0.25) is 5.91 Å². The van der Waals surface area contributed by atoms with Gasteiger partial charge in [0.1, 0.15) is 0 Å². The maximum absolute atomic E-state index is 12.2. The zero-order chi connectivity index (χ0) is 13.7. The molecule has 0 aromatic carbocycles. The number of aliphatic carboxylic acids is 1. The quantitative estimate of drug-likeness (QED) is 0.780. The highest BCUT2D eigenvalue weighted by atomic mass is 32.2. The van der Waals surface area contributed by atoms with E-state index in [9.17, 15) is 9.59 Å². The summed E-state index contributed by atoms with van der Waals surface area (Å²) in [6, 6.07) is 0.152. The molecular formula is C14H23NO3S. The summed E-state index contributed by atoms with van der Waals surface area (Å²) in [5.41, 5.74) is 0. The first-order valence-corrected chi connectivity index (χ1v) is 8.41. The van der Waals surface area contributed by atoms with Crippen molar-refractivity contribution in [2.24, 2.45) is 5.92 Å². The third-order valence-corrected chi connectivity index (χ3v) is 5.07. The first kappa shape index (κ1) is 14.7. The lowest BCUT2D eigenvalue weighted by molar-refractivity contribution is -0.139. The highest BCUT2D eigenvalue weighted by Crippen LogP contribution is 2.32. The average Bonchev–Trinajstić information content (AvgIpc) is 3.20. The van der Waals surface area contributed by atoms with Crippen LogP contribution in [0.2, 0.25) is 0 Å². The Morgan fingerprint density at radius 3 is 2.68 bits per heavy atom. The third kappa shape index (κ3) is 5.05. The molecule has 0 spiro atoms. The van der Waals surface area contributed by atoms with Crippen molar-refractivity contribution in [3.63, 3.8) is 0 Å². The molecule has 108 valence electrons. The van der Waals surface area contributed by atoms with Gasteiger partial charge in [0.25, 0.3) is 0 Å². The number of likely N-dealkylation sites (tertiary alicyclic amines) is 1. The predicted molar refractivity (Wildman–Crippen MR) is 76.3 cm³/mol. The minimum absolute atomic E-state index is 0.152. The standard InChI is InChI=1S/C14H23NO3S/c16-13(10-19-9-11-4-5-11)15-8-2-1-3-12(15)6-7-14(17)18/h11-12H,1-10H2,(H,17,18). The van der Waals surface area contributed by atoms with E-state index in [0.717, 1.165) is 37.5 Å². The van der Waals surface area contributed by atoms with E-state index in [0.29, 0.717) is 12.2 Å². The second-order valence-electron chi connectivity index (χ2n) is 5.63. The summed E-state index contributed by atoms with van der Waals surface area (Å²) in [6.45, 7) is 0.813. The molecule has 0 radical (unpaired) electrons. The Balaban J connectivity index is 1.75. The smallest absolute Gasteiger partial charge is 0.303 e. The van der Waals surface area contributed by atoms with Crippen molar-refractivity contribution < 1.29 is 14.7 Å². The van der Waals surface area contributed by atoms with Gasteiger partial charge in [0, 0.05) is 19.0 Å². The van der Waals surface area contributed by atoms with Crippen molar-refractivity contribution >= 4 is 23.6 Å². The number of amides is 1. The van der Waals surface area contributed by atoms with Crippen LogP contribution in [-0.2, 0) is 9.59 Å². The fraction of sp³-hybridized carbons (Fsp3) is 0.857. The number of carboxylic acid groups (broad SMARTS) is 1. The Hall–Kier alpha value is -0.710. The normalized spacial score (nSPS) is 23.4. The van der Waals surface area contributed by atoms with Gasteiger partial charge in [0.15, 0.2) is 0 Å². The monoisotopic (exact) mass is 285 g/mol. The molecule has 1 heterocycles. The maximum Gasteiger partial charge on any atom is 0.303 e. The first-order chi connectivity index (χ1) is 9.16. The molecule has 19 heavy (non-hydrogen) atoms. The van der Waals surface area contributed by atoms with Crippen LogP contribution in [-0.4, -0.2) is 46.0 Å². The Morgan fingerprint density at radius 2 is 2.00 bits per heavy atom. The summed E-state index contributed by atoms with van der Waals surface area (Å²) >= 11 is 1.74. The van der Waals surface area contributed by atoms with Crippen molar-refractivity contribution in [2.75, 3.05) is 18.1 Å². The number of hydrogen-bond donors (Lipinski definition) is 1. The molecule has 5 heteroatoms. The van der Waals surface area contributed by atoms with Gasteiger partial charge in [-0.2, -0.15) is 11.8 Å². The van der Waals surface area contributed by atoms with E-state index in [2.05, 4.69) is 0 Å². The topological polar surface area (TPSA) is 57.6 Å². The Labute approximate surface area is 118 Å². The summed E-state index contributed by atoms with van der Waals surface area (Å²) in [6.07, 6.45) is 6.56. The van der Waals surface area contributed by atoms with Crippen LogP contribution in [0.25, 0.3) is 0 Å². The van der Waals surface area contributed by atoms with E-state index < -0.39 is 5.97 Å². The predicted octanol–water partition coefficient (Wildman–Crippen LogP) is 2.38. The highest BCUT2D eigenvalue weighted by molar-refractivity contribution is 7.99. The second kappa shape index (κ2) is 7.17. The summed E-state index contributed by atoms with van der Waals surface area (Å²) < 4.78 is 0. The van der Waals surface area contributed by atoms with Crippen LogP contribution in [0.15, 0.2) is 0 Å². The van der Waals surface area contributed by atoms with E-state index in [1.807, 2.05) is 4.90 Å². The van der Waals surface area contributed by atoms with E-state index in [1.54, 1.807) is 11.8 Å². The van der Waals surface area contributed by atoms with Crippen LogP contribution in [0.3, 0.4) is 0 Å². The molecule has 0 aromatic heterocycles. The van der Waals surface area contributed by atoms with Crippen molar-refractivity contribution in [1.82, 2.24) is 4.90 Å². The molecule has 2 fully saturated rings. The molecule has 1 amide bonds. The number of carbonyl (C=O) groups excluding carboxylic acids is 1. The summed E-state index contributed by atoms with van der Waals surface area (Å²) in [4.78, 5) is 24.8. The van der Waals surface area contributed by atoms with Crippen LogP contribution in [0.1, 0.15) is 44.9 Å². The van der Waals surface area contributed by atoms with Gasteiger partial charge in [-0.15, -0.1) is 0 Å². The van der Waals surface area contributed by atoms with Gasteiger partial charge in [0.05, 0.1) is 5.75 Å². The zero-order valence-electron chi connectivity index (χ0n) is 11.3. The molecule has 4 nitrogen and oxygen atoms in total. The zero-order valence-corrected chi connectivity index (χ0v) is 12.2. The fourth-order valence-corrected chi connectivity index (χ4v) is 3.72. The van der Waals surface area contributed by atoms with E-state index in [1.165, 1.54) is 12.8 Å².